The van der Waals surface area contributed by atoms with Crippen molar-refractivity contribution in [2.75, 3.05) is 11.5 Å². The van der Waals surface area contributed by atoms with Gasteiger partial charge in [-0.3, -0.25) is 0 Å². The minimum Gasteiger partial charge on any atom is -0.456 e. The SMILES string of the molecule is Nc1ccc(Oc2ccccc2C2(c3ccccc3Oc3ccc(N)cc3C(F)(F)F)C3CC4CC(C3)CC2C4)c(C(F)(F)F)c1. The van der Waals surface area contributed by atoms with Crippen molar-refractivity contribution in [3.8, 4) is 23.0 Å². The predicted molar refractivity (Wildman–Crippen MR) is 163 cm³/mol. The highest BCUT2D eigenvalue weighted by molar-refractivity contribution is 5.58. The molecule has 0 radical (unpaired) electrons. The molecule has 0 spiro atoms. The van der Waals surface area contributed by atoms with Crippen molar-refractivity contribution in [1.29, 1.82) is 0 Å². The van der Waals surface area contributed by atoms with Crippen LogP contribution in [0.15, 0.2) is 84.9 Å². The summed E-state index contributed by atoms with van der Waals surface area (Å²) in [5.74, 6) is 0.913. The standard InChI is InChI=1S/C36H32F6N2O2/c37-35(38,39)28-18-24(43)9-11-32(28)45-30-7-3-1-5-26(30)34(22-14-20-13-21(16-22)17-23(34)15-20)27-6-2-4-8-31(27)46-33-12-10-25(44)19-29(33)36(40,41)42/h1-12,18-23H,13-17,43-44H2. The van der Waals surface area contributed by atoms with Gasteiger partial charge in [-0.2, -0.15) is 26.3 Å². The summed E-state index contributed by atoms with van der Waals surface area (Å²) < 4.78 is 97.1. The van der Waals surface area contributed by atoms with Crippen molar-refractivity contribution >= 4 is 11.4 Å². The summed E-state index contributed by atoms with van der Waals surface area (Å²) in [5, 5.41) is 0. The van der Waals surface area contributed by atoms with Crippen molar-refractivity contribution in [3.63, 3.8) is 0 Å². The van der Waals surface area contributed by atoms with E-state index >= 15 is 0 Å². The number of hydrogen-bond donors (Lipinski definition) is 2. The van der Waals surface area contributed by atoms with E-state index in [1.165, 1.54) is 24.3 Å². The molecule has 4 bridgehead atoms. The first-order chi connectivity index (χ1) is 21.8. The summed E-state index contributed by atoms with van der Waals surface area (Å²) in [6.45, 7) is 0. The van der Waals surface area contributed by atoms with Crippen LogP contribution in [-0.2, 0) is 17.8 Å². The summed E-state index contributed by atoms with van der Waals surface area (Å²) in [6.07, 6.45) is -4.73. The fourth-order valence-corrected chi connectivity index (χ4v) is 8.70. The lowest BCUT2D eigenvalue weighted by Gasteiger charge is -2.62. The molecule has 240 valence electrons. The van der Waals surface area contributed by atoms with Crippen LogP contribution in [0.4, 0.5) is 37.7 Å². The molecule has 0 aromatic heterocycles. The number of alkyl halides is 6. The van der Waals surface area contributed by atoms with Gasteiger partial charge in [0, 0.05) is 27.9 Å². The van der Waals surface area contributed by atoms with Crippen LogP contribution in [0.25, 0.3) is 0 Å². The molecule has 4 N–H and O–H groups in total. The van der Waals surface area contributed by atoms with Crippen molar-refractivity contribution < 1.29 is 35.8 Å². The zero-order chi connectivity index (χ0) is 32.4. The lowest BCUT2D eigenvalue weighted by atomic mass is 9.42. The van der Waals surface area contributed by atoms with Gasteiger partial charge >= 0.3 is 12.4 Å². The molecule has 46 heavy (non-hydrogen) atoms. The van der Waals surface area contributed by atoms with Crippen LogP contribution in [0.1, 0.15) is 54.4 Å². The smallest absolute Gasteiger partial charge is 0.420 e. The van der Waals surface area contributed by atoms with Crippen LogP contribution in [0.5, 0.6) is 23.0 Å². The minimum atomic E-state index is -4.71. The zero-order valence-corrected chi connectivity index (χ0v) is 24.7. The van der Waals surface area contributed by atoms with E-state index < -0.39 is 28.9 Å². The molecule has 0 aliphatic heterocycles. The van der Waals surface area contributed by atoms with Gasteiger partial charge in [0.15, 0.2) is 0 Å². The molecule has 0 unspecified atom stereocenters. The summed E-state index contributed by atoms with van der Waals surface area (Å²) in [4.78, 5) is 0. The van der Waals surface area contributed by atoms with E-state index in [0.717, 1.165) is 44.2 Å². The Morgan fingerprint density at radius 3 is 1.30 bits per heavy atom. The largest absolute Gasteiger partial charge is 0.456 e. The fourth-order valence-electron chi connectivity index (χ4n) is 8.70. The first kappa shape index (κ1) is 30.3. The molecule has 4 aromatic carbocycles. The lowest BCUT2D eigenvalue weighted by Crippen LogP contribution is -2.56. The highest BCUT2D eigenvalue weighted by atomic mass is 19.4. The first-order valence-corrected chi connectivity index (χ1v) is 15.3. The highest BCUT2D eigenvalue weighted by Gasteiger charge is 2.60. The second-order valence-corrected chi connectivity index (χ2v) is 12.9. The third-order valence-electron chi connectivity index (χ3n) is 10.1. The van der Waals surface area contributed by atoms with Gasteiger partial charge < -0.3 is 20.9 Å². The molecule has 4 fully saturated rings. The Balaban J connectivity index is 1.42. The third-order valence-corrected chi connectivity index (χ3v) is 10.1. The number of halogens is 6. The Labute approximate surface area is 262 Å². The number of anilines is 2. The number of nitrogens with two attached hydrogens (primary N) is 2. The average molecular weight is 639 g/mol. The highest BCUT2D eigenvalue weighted by Crippen LogP contribution is 2.67. The van der Waals surface area contributed by atoms with E-state index in [4.69, 9.17) is 20.9 Å². The molecule has 4 aromatic rings. The molecule has 0 heterocycles. The Hall–Kier alpha value is -4.34. The van der Waals surface area contributed by atoms with E-state index in [1.54, 1.807) is 24.3 Å². The van der Waals surface area contributed by atoms with Gasteiger partial charge in [0.05, 0.1) is 0 Å². The predicted octanol–water partition coefficient (Wildman–Crippen LogP) is 10.2. The molecular formula is C36H32F6N2O2. The Morgan fingerprint density at radius 2 is 0.913 bits per heavy atom. The third kappa shape index (κ3) is 5.11. The summed E-state index contributed by atoms with van der Waals surface area (Å²) in [7, 11) is 0. The summed E-state index contributed by atoms with van der Waals surface area (Å²) >= 11 is 0. The fraction of sp³-hybridized carbons (Fsp3) is 0.333. The number of benzene rings is 4. The molecule has 4 saturated carbocycles. The molecule has 0 amide bonds. The van der Waals surface area contributed by atoms with Crippen molar-refractivity contribution in [2.45, 2.75) is 49.9 Å². The second kappa shape index (κ2) is 10.9. The van der Waals surface area contributed by atoms with Gasteiger partial charge in [-0.25, -0.2) is 0 Å². The van der Waals surface area contributed by atoms with Gasteiger partial charge in [0.1, 0.15) is 34.1 Å². The van der Waals surface area contributed by atoms with Crippen LogP contribution in [-0.4, -0.2) is 0 Å². The Kier molecular flexibility index (Phi) is 7.17. The van der Waals surface area contributed by atoms with Gasteiger partial charge in [0.25, 0.3) is 0 Å². The molecule has 10 heteroatoms. The topological polar surface area (TPSA) is 70.5 Å². The minimum absolute atomic E-state index is 0.0440. The van der Waals surface area contributed by atoms with Crippen LogP contribution in [0.3, 0.4) is 0 Å². The zero-order valence-electron chi connectivity index (χ0n) is 24.7. The van der Waals surface area contributed by atoms with Crippen LogP contribution in [0.2, 0.25) is 0 Å². The number of ether oxygens (including phenoxy) is 2. The maximum absolute atomic E-state index is 14.1. The van der Waals surface area contributed by atoms with Crippen molar-refractivity contribution in [1.82, 2.24) is 0 Å². The summed E-state index contributed by atoms with van der Waals surface area (Å²) in [6, 6.07) is 21.0. The van der Waals surface area contributed by atoms with Crippen LogP contribution < -0.4 is 20.9 Å². The van der Waals surface area contributed by atoms with E-state index in [2.05, 4.69) is 0 Å². The molecule has 8 rings (SSSR count). The number of rotatable bonds is 6. The lowest BCUT2D eigenvalue weighted by molar-refractivity contribution is -0.139. The van der Waals surface area contributed by atoms with Gasteiger partial charge in [-0.15, -0.1) is 0 Å². The van der Waals surface area contributed by atoms with E-state index in [1.807, 2.05) is 24.3 Å². The maximum Gasteiger partial charge on any atom is 0.420 e. The van der Waals surface area contributed by atoms with E-state index in [-0.39, 0.29) is 46.2 Å². The van der Waals surface area contributed by atoms with Crippen molar-refractivity contribution in [2.24, 2.45) is 23.7 Å². The van der Waals surface area contributed by atoms with Crippen LogP contribution >= 0.6 is 0 Å². The Bertz CT molecular complexity index is 1640. The van der Waals surface area contributed by atoms with Gasteiger partial charge in [-0.1, -0.05) is 36.4 Å². The monoisotopic (exact) mass is 638 g/mol. The normalized spacial score (nSPS) is 23.3. The second-order valence-electron chi connectivity index (χ2n) is 12.9. The Morgan fingerprint density at radius 1 is 0.522 bits per heavy atom. The van der Waals surface area contributed by atoms with Gasteiger partial charge in [-0.05, 0) is 104 Å². The van der Waals surface area contributed by atoms with Crippen LogP contribution in [0, 0.1) is 23.7 Å². The number of para-hydroxylation sites is 2. The van der Waals surface area contributed by atoms with Gasteiger partial charge in [0.2, 0.25) is 0 Å². The number of hydrogen-bond acceptors (Lipinski definition) is 4. The molecule has 4 aliphatic rings. The van der Waals surface area contributed by atoms with Crippen molar-refractivity contribution in [3.05, 3.63) is 107 Å². The van der Waals surface area contributed by atoms with E-state index in [9.17, 15) is 26.3 Å². The molecule has 0 atom stereocenters. The molecular weight excluding hydrogens is 606 g/mol. The number of nitrogen functional groups attached to an aromatic ring is 2. The quantitative estimate of drug-likeness (QED) is 0.163. The maximum atomic E-state index is 14.1. The average Bonchev–Trinajstić information content (AvgIpc) is 2.99. The van der Waals surface area contributed by atoms with E-state index in [0.29, 0.717) is 23.0 Å². The first-order valence-electron chi connectivity index (χ1n) is 15.3. The molecule has 0 saturated heterocycles. The summed E-state index contributed by atoms with van der Waals surface area (Å²) in [5.41, 5.74) is 9.96. The molecule has 4 nitrogen and oxygen atoms in total. The molecule has 4 aliphatic carbocycles.